The van der Waals surface area contributed by atoms with Crippen molar-refractivity contribution in [2.24, 2.45) is 0 Å². The van der Waals surface area contributed by atoms with Crippen LogP contribution >= 0.6 is 0 Å². The molecule has 1 heterocycles. The summed E-state index contributed by atoms with van der Waals surface area (Å²) in [7, 11) is 0. The van der Waals surface area contributed by atoms with Crippen molar-refractivity contribution in [3.8, 4) is 29.6 Å². The molecule has 0 saturated carbocycles. The molecule has 82 valence electrons. The molecule has 0 amide bonds. The van der Waals surface area contributed by atoms with E-state index in [-0.39, 0.29) is 11.7 Å². The molecule has 1 unspecified atom stereocenters. The second-order valence-electron chi connectivity index (χ2n) is 3.94. The Morgan fingerprint density at radius 1 is 1.12 bits per heavy atom. The first kappa shape index (κ1) is 9.80. The third-order valence-electron chi connectivity index (χ3n) is 2.90. The van der Waals surface area contributed by atoms with Gasteiger partial charge in [-0.1, -0.05) is 36.3 Å². The minimum absolute atomic E-state index is 0.188. The lowest BCUT2D eigenvalue weighted by molar-refractivity contribution is 0.467. The molecule has 0 aliphatic carbocycles. The fourth-order valence-electron chi connectivity index (χ4n) is 2.01. The van der Waals surface area contributed by atoms with Gasteiger partial charge in [-0.3, -0.25) is 0 Å². The van der Waals surface area contributed by atoms with Crippen LogP contribution in [0, 0.1) is 12.3 Å². The van der Waals surface area contributed by atoms with Gasteiger partial charge in [0.1, 0.15) is 5.75 Å². The van der Waals surface area contributed by atoms with Crippen molar-refractivity contribution in [2.45, 2.75) is 5.92 Å². The van der Waals surface area contributed by atoms with E-state index in [0.717, 1.165) is 17.1 Å². The third-order valence-corrected chi connectivity index (χ3v) is 2.90. The molecule has 1 aliphatic rings. The first-order valence-electron chi connectivity index (χ1n) is 5.36. The van der Waals surface area contributed by atoms with Crippen LogP contribution in [0.2, 0.25) is 0 Å². The van der Waals surface area contributed by atoms with Crippen LogP contribution in [0.15, 0.2) is 42.5 Å². The van der Waals surface area contributed by atoms with Crippen molar-refractivity contribution in [3.63, 3.8) is 0 Å². The van der Waals surface area contributed by atoms with Crippen LogP contribution in [-0.2, 0) is 0 Å². The molecule has 2 heteroatoms. The standard InChI is InChI=1S/C15H10O2/c1-2-11(10-6-4-3-5-7-10)14-12(16)8-9-13-15(14)17-13/h1,3-9,11,16H. The Hall–Kier alpha value is -2.40. The minimum Gasteiger partial charge on any atom is -0.507 e. The number of ether oxygens (including phenoxy) is 1. The number of fused-ring (bicyclic) bond motifs is 1. The van der Waals surface area contributed by atoms with Crippen LogP contribution in [0.1, 0.15) is 17.0 Å². The molecule has 2 nitrogen and oxygen atoms in total. The van der Waals surface area contributed by atoms with E-state index < -0.39 is 0 Å². The van der Waals surface area contributed by atoms with Gasteiger partial charge in [-0.2, -0.15) is 0 Å². The summed E-state index contributed by atoms with van der Waals surface area (Å²) >= 11 is 0. The van der Waals surface area contributed by atoms with E-state index in [1.165, 1.54) is 0 Å². The quantitative estimate of drug-likeness (QED) is 0.533. The number of terminal acetylenes is 1. The van der Waals surface area contributed by atoms with Gasteiger partial charge in [0.25, 0.3) is 0 Å². The van der Waals surface area contributed by atoms with E-state index in [0.29, 0.717) is 5.56 Å². The predicted molar refractivity (Wildman–Crippen MR) is 65.3 cm³/mol. The Morgan fingerprint density at radius 2 is 1.88 bits per heavy atom. The topological polar surface area (TPSA) is 32.8 Å². The molecule has 0 bridgehead atoms. The molecule has 2 aromatic rings. The molecule has 1 atom stereocenters. The largest absolute Gasteiger partial charge is 0.507 e. The van der Waals surface area contributed by atoms with E-state index in [1.54, 1.807) is 12.1 Å². The SMILES string of the molecule is C#CC(c1ccccc1)c1c(O)ccc2c1O2. The van der Waals surface area contributed by atoms with Crippen molar-refractivity contribution in [1.29, 1.82) is 0 Å². The van der Waals surface area contributed by atoms with Crippen molar-refractivity contribution >= 4 is 0 Å². The monoisotopic (exact) mass is 222 g/mol. The first-order valence-corrected chi connectivity index (χ1v) is 5.36. The second-order valence-corrected chi connectivity index (χ2v) is 3.94. The van der Waals surface area contributed by atoms with Gasteiger partial charge in [0.05, 0.1) is 11.5 Å². The molecule has 0 spiro atoms. The number of aromatic hydroxyl groups is 1. The fourth-order valence-corrected chi connectivity index (χ4v) is 2.01. The Bertz CT molecular complexity index is 605. The van der Waals surface area contributed by atoms with Gasteiger partial charge in [-0.25, -0.2) is 0 Å². The van der Waals surface area contributed by atoms with Crippen molar-refractivity contribution in [2.75, 3.05) is 0 Å². The number of phenolic OH excluding ortho intramolecular Hbond substituents is 1. The summed E-state index contributed by atoms with van der Waals surface area (Å²) in [5.41, 5.74) is 1.67. The highest BCUT2D eigenvalue weighted by atomic mass is 16.6. The second kappa shape index (κ2) is 3.57. The van der Waals surface area contributed by atoms with Gasteiger partial charge in [0, 0.05) is 0 Å². The van der Waals surface area contributed by atoms with Crippen LogP contribution in [-0.4, -0.2) is 5.11 Å². The zero-order valence-corrected chi connectivity index (χ0v) is 9.05. The van der Waals surface area contributed by atoms with Crippen LogP contribution in [0.3, 0.4) is 0 Å². The number of hydrogen-bond donors (Lipinski definition) is 1. The lowest BCUT2D eigenvalue weighted by Crippen LogP contribution is -1.97. The van der Waals surface area contributed by atoms with Gasteiger partial charge >= 0.3 is 0 Å². The summed E-state index contributed by atoms with van der Waals surface area (Å²) in [6.45, 7) is 0. The molecular formula is C15H10O2. The van der Waals surface area contributed by atoms with E-state index in [4.69, 9.17) is 11.2 Å². The fraction of sp³-hybridized carbons (Fsp3) is 0.0667. The summed E-state index contributed by atoms with van der Waals surface area (Å²) in [6.07, 6.45) is 5.58. The predicted octanol–water partition coefficient (Wildman–Crippen LogP) is 3.26. The molecule has 1 aliphatic heterocycles. The van der Waals surface area contributed by atoms with Crippen molar-refractivity contribution in [1.82, 2.24) is 0 Å². The van der Waals surface area contributed by atoms with Gasteiger partial charge < -0.3 is 9.84 Å². The Labute approximate surface area is 99.5 Å². The first-order chi connectivity index (χ1) is 8.31. The maximum Gasteiger partial charge on any atom is 0.178 e. The summed E-state index contributed by atoms with van der Waals surface area (Å²) < 4.78 is 5.30. The smallest absolute Gasteiger partial charge is 0.178 e. The average molecular weight is 222 g/mol. The lowest BCUT2D eigenvalue weighted by Gasteiger charge is -2.11. The molecule has 2 aromatic carbocycles. The van der Waals surface area contributed by atoms with Crippen LogP contribution in [0.5, 0.6) is 17.2 Å². The highest BCUT2D eigenvalue weighted by Crippen LogP contribution is 2.54. The maximum absolute atomic E-state index is 9.91. The summed E-state index contributed by atoms with van der Waals surface area (Å²) in [4.78, 5) is 0. The lowest BCUT2D eigenvalue weighted by atomic mass is 9.91. The highest BCUT2D eigenvalue weighted by molar-refractivity contribution is 5.67. The summed E-state index contributed by atoms with van der Waals surface area (Å²) in [5.74, 6) is 4.15. The molecular weight excluding hydrogens is 212 g/mol. The van der Waals surface area contributed by atoms with Crippen molar-refractivity contribution in [3.05, 3.63) is 53.6 Å². The normalized spacial score (nSPS) is 13.1. The summed E-state index contributed by atoms with van der Waals surface area (Å²) in [6, 6.07) is 13.1. The van der Waals surface area contributed by atoms with Gasteiger partial charge in [-0.05, 0) is 17.7 Å². The Balaban J connectivity index is 2.12. The number of rotatable bonds is 2. The van der Waals surface area contributed by atoms with Gasteiger partial charge in [0.2, 0.25) is 0 Å². The summed E-state index contributed by atoms with van der Waals surface area (Å²) in [5, 5.41) is 9.91. The molecule has 0 saturated heterocycles. The molecule has 0 fully saturated rings. The third kappa shape index (κ3) is 1.53. The zero-order chi connectivity index (χ0) is 11.8. The average Bonchev–Trinajstić information content (AvgIpc) is 3.13. The van der Waals surface area contributed by atoms with Crippen LogP contribution in [0.4, 0.5) is 0 Å². The zero-order valence-electron chi connectivity index (χ0n) is 9.05. The van der Waals surface area contributed by atoms with Crippen molar-refractivity contribution < 1.29 is 9.84 Å². The maximum atomic E-state index is 9.91. The number of phenols is 1. The van der Waals surface area contributed by atoms with E-state index in [2.05, 4.69) is 5.92 Å². The van der Waals surface area contributed by atoms with E-state index >= 15 is 0 Å². The molecule has 1 N–H and O–H groups in total. The number of benzene rings is 2. The van der Waals surface area contributed by atoms with Crippen LogP contribution < -0.4 is 4.74 Å². The van der Waals surface area contributed by atoms with Gasteiger partial charge in [-0.15, -0.1) is 6.42 Å². The van der Waals surface area contributed by atoms with Gasteiger partial charge in [0.15, 0.2) is 11.5 Å². The molecule has 0 radical (unpaired) electrons. The Morgan fingerprint density at radius 3 is 2.59 bits per heavy atom. The minimum atomic E-state index is -0.270. The Kier molecular flexibility index (Phi) is 2.06. The molecule has 17 heavy (non-hydrogen) atoms. The highest BCUT2D eigenvalue weighted by Gasteiger charge is 2.31. The molecule has 0 aromatic heterocycles. The molecule has 3 rings (SSSR count). The van der Waals surface area contributed by atoms with E-state index in [1.807, 2.05) is 30.3 Å². The number of hydrogen-bond acceptors (Lipinski definition) is 2. The van der Waals surface area contributed by atoms with Crippen LogP contribution in [0.25, 0.3) is 0 Å². The van der Waals surface area contributed by atoms with E-state index in [9.17, 15) is 5.11 Å².